The van der Waals surface area contributed by atoms with Crippen LogP contribution in [0.2, 0.25) is 0 Å². The third kappa shape index (κ3) is 2.53. The van der Waals surface area contributed by atoms with Gasteiger partial charge in [-0.2, -0.15) is 0 Å². The quantitative estimate of drug-likeness (QED) is 0.776. The van der Waals surface area contributed by atoms with Gasteiger partial charge in [0.15, 0.2) is 0 Å². The summed E-state index contributed by atoms with van der Waals surface area (Å²) < 4.78 is 13.2. The van der Waals surface area contributed by atoms with Gasteiger partial charge in [-0.15, -0.1) is 0 Å². The molecule has 0 saturated carbocycles. The average Bonchev–Trinajstić information content (AvgIpc) is 2.01. The molecule has 1 atom stereocenters. The fourth-order valence-electron chi connectivity index (χ4n) is 1.18. The van der Waals surface area contributed by atoms with Crippen LogP contribution in [0.1, 0.15) is 23.7 Å². The first-order valence-corrected chi connectivity index (χ1v) is 4.16. The van der Waals surface area contributed by atoms with E-state index in [2.05, 4.69) is 0 Å². The van der Waals surface area contributed by atoms with Crippen LogP contribution < -0.4 is 0 Å². The SMILES string of the molecule is Cc1ccc([C@@H](O)CC(=O)O)c(F)c1. The fraction of sp³-hybridized carbons (Fsp3) is 0.300. The van der Waals surface area contributed by atoms with Crippen LogP contribution in [0.15, 0.2) is 18.2 Å². The summed E-state index contributed by atoms with van der Waals surface area (Å²) >= 11 is 0. The highest BCUT2D eigenvalue weighted by Gasteiger charge is 2.15. The number of aryl methyl sites for hydroxylation is 1. The molecule has 0 unspecified atom stereocenters. The van der Waals surface area contributed by atoms with Gasteiger partial charge in [0, 0.05) is 5.56 Å². The number of hydrogen-bond donors (Lipinski definition) is 2. The van der Waals surface area contributed by atoms with E-state index in [0.29, 0.717) is 0 Å². The number of rotatable bonds is 3. The second kappa shape index (κ2) is 4.19. The van der Waals surface area contributed by atoms with Crippen molar-refractivity contribution in [1.82, 2.24) is 0 Å². The van der Waals surface area contributed by atoms with Crippen molar-refractivity contribution >= 4 is 5.97 Å². The van der Waals surface area contributed by atoms with Crippen LogP contribution in [0.4, 0.5) is 4.39 Å². The van der Waals surface area contributed by atoms with Gasteiger partial charge in [0.2, 0.25) is 0 Å². The molecule has 76 valence electrons. The van der Waals surface area contributed by atoms with Crippen molar-refractivity contribution < 1.29 is 19.4 Å². The Morgan fingerprint density at radius 1 is 1.57 bits per heavy atom. The van der Waals surface area contributed by atoms with Gasteiger partial charge >= 0.3 is 5.97 Å². The Bertz CT molecular complexity index is 349. The largest absolute Gasteiger partial charge is 0.481 e. The number of aliphatic hydroxyl groups excluding tert-OH is 1. The first kappa shape index (κ1) is 10.7. The Balaban J connectivity index is 2.90. The van der Waals surface area contributed by atoms with E-state index in [9.17, 15) is 14.3 Å². The first-order valence-electron chi connectivity index (χ1n) is 4.16. The lowest BCUT2D eigenvalue weighted by Gasteiger charge is -2.09. The lowest BCUT2D eigenvalue weighted by atomic mass is 10.0. The third-order valence-corrected chi connectivity index (χ3v) is 1.88. The Morgan fingerprint density at radius 3 is 2.71 bits per heavy atom. The van der Waals surface area contributed by atoms with Crippen molar-refractivity contribution in [2.75, 3.05) is 0 Å². The number of carboxylic acids is 1. The number of aliphatic hydroxyl groups is 1. The van der Waals surface area contributed by atoms with E-state index in [0.717, 1.165) is 5.56 Å². The first-order chi connectivity index (χ1) is 6.50. The number of benzene rings is 1. The zero-order valence-electron chi connectivity index (χ0n) is 7.70. The molecule has 0 aromatic heterocycles. The van der Waals surface area contributed by atoms with Crippen LogP contribution in [-0.4, -0.2) is 16.2 Å². The highest BCUT2D eigenvalue weighted by Crippen LogP contribution is 2.20. The lowest BCUT2D eigenvalue weighted by molar-refractivity contribution is -0.139. The van der Waals surface area contributed by atoms with Crippen molar-refractivity contribution in [3.8, 4) is 0 Å². The van der Waals surface area contributed by atoms with Gasteiger partial charge in [0.05, 0.1) is 12.5 Å². The maximum atomic E-state index is 13.2. The molecule has 0 aliphatic carbocycles. The van der Waals surface area contributed by atoms with Gasteiger partial charge in [-0.05, 0) is 18.6 Å². The molecular formula is C10H11FO3. The number of carboxylic acid groups (broad SMARTS) is 1. The van der Waals surface area contributed by atoms with E-state index < -0.39 is 24.3 Å². The predicted molar refractivity (Wildman–Crippen MR) is 48.3 cm³/mol. The summed E-state index contributed by atoms with van der Waals surface area (Å²) in [6.45, 7) is 1.72. The molecule has 4 heteroatoms. The van der Waals surface area contributed by atoms with E-state index in [1.54, 1.807) is 13.0 Å². The number of aliphatic carboxylic acids is 1. The molecular weight excluding hydrogens is 187 g/mol. The molecule has 0 heterocycles. The zero-order valence-corrected chi connectivity index (χ0v) is 7.70. The highest BCUT2D eigenvalue weighted by atomic mass is 19.1. The van der Waals surface area contributed by atoms with Crippen molar-refractivity contribution in [2.24, 2.45) is 0 Å². The normalized spacial score (nSPS) is 12.5. The Labute approximate surface area is 80.8 Å². The molecule has 0 spiro atoms. The molecule has 1 rings (SSSR count). The zero-order chi connectivity index (χ0) is 10.7. The molecule has 0 saturated heterocycles. The maximum absolute atomic E-state index is 13.2. The summed E-state index contributed by atoms with van der Waals surface area (Å²) in [5.74, 6) is -1.73. The number of hydrogen-bond acceptors (Lipinski definition) is 2. The maximum Gasteiger partial charge on any atom is 0.306 e. The topological polar surface area (TPSA) is 57.5 Å². The minimum absolute atomic E-state index is 0.0259. The summed E-state index contributed by atoms with van der Waals surface area (Å²) in [5, 5.41) is 17.8. The van der Waals surface area contributed by atoms with E-state index in [4.69, 9.17) is 5.11 Å². The minimum Gasteiger partial charge on any atom is -0.481 e. The molecule has 0 fully saturated rings. The van der Waals surface area contributed by atoms with Gasteiger partial charge < -0.3 is 10.2 Å². The second-order valence-corrected chi connectivity index (χ2v) is 3.14. The molecule has 3 nitrogen and oxygen atoms in total. The van der Waals surface area contributed by atoms with Crippen molar-refractivity contribution in [1.29, 1.82) is 0 Å². The van der Waals surface area contributed by atoms with Crippen LogP contribution in [0, 0.1) is 12.7 Å². The van der Waals surface area contributed by atoms with Gasteiger partial charge in [-0.3, -0.25) is 4.79 Å². The Morgan fingerprint density at radius 2 is 2.21 bits per heavy atom. The van der Waals surface area contributed by atoms with E-state index in [1.165, 1.54) is 12.1 Å². The Hall–Kier alpha value is -1.42. The van der Waals surface area contributed by atoms with Crippen LogP contribution in [0.3, 0.4) is 0 Å². The number of carbonyl (C=O) groups is 1. The van der Waals surface area contributed by atoms with Crippen LogP contribution >= 0.6 is 0 Å². The molecule has 14 heavy (non-hydrogen) atoms. The molecule has 0 aliphatic rings. The van der Waals surface area contributed by atoms with Gasteiger partial charge in [-0.1, -0.05) is 12.1 Å². The molecule has 0 amide bonds. The lowest BCUT2D eigenvalue weighted by Crippen LogP contribution is -2.07. The molecule has 0 bridgehead atoms. The van der Waals surface area contributed by atoms with Gasteiger partial charge in [0.1, 0.15) is 5.82 Å². The number of halogens is 1. The molecule has 0 radical (unpaired) electrons. The Kier molecular flexibility index (Phi) is 3.19. The average molecular weight is 198 g/mol. The third-order valence-electron chi connectivity index (χ3n) is 1.88. The summed E-state index contributed by atoms with van der Waals surface area (Å²) in [4.78, 5) is 10.3. The van der Waals surface area contributed by atoms with Gasteiger partial charge in [0.25, 0.3) is 0 Å². The second-order valence-electron chi connectivity index (χ2n) is 3.14. The highest BCUT2D eigenvalue weighted by molar-refractivity contribution is 5.67. The van der Waals surface area contributed by atoms with Crippen LogP contribution in [0.5, 0.6) is 0 Å². The smallest absolute Gasteiger partial charge is 0.306 e. The van der Waals surface area contributed by atoms with Gasteiger partial charge in [-0.25, -0.2) is 4.39 Å². The van der Waals surface area contributed by atoms with Crippen LogP contribution in [0.25, 0.3) is 0 Å². The molecule has 1 aromatic rings. The summed E-state index contributed by atoms with van der Waals surface area (Å²) in [6.07, 6.45) is -1.77. The van der Waals surface area contributed by atoms with Crippen LogP contribution in [-0.2, 0) is 4.79 Å². The summed E-state index contributed by atoms with van der Waals surface area (Å²) in [5.41, 5.74) is 0.756. The van der Waals surface area contributed by atoms with Crippen molar-refractivity contribution in [3.63, 3.8) is 0 Å². The molecule has 0 aliphatic heterocycles. The minimum atomic E-state index is -1.28. The van der Waals surface area contributed by atoms with Crippen molar-refractivity contribution in [2.45, 2.75) is 19.4 Å². The monoisotopic (exact) mass is 198 g/mol. The standard InChI is InChI=1S/C10H11FO3/c1-6-2-3-7(8(11)4-6)9(12)5-10(13)14/h2-4,9,12H,5H2,1H3,(H,13,14)/t9-/m0/s1. The molecule has 1 aromatic carbocycles. The fourth-order valence-corrected chi connectivity index (χ4v) is 1.18. The summed E-state index contributed by atoms with van der Waals surface area (Å²) in [6, 6.07) is 4.29. The summed E-state index contributed by atoms with van der Waals surface area (Å²) in [7, 11) is 0. The van der Waals surface area contributed by atoms with E-state index >= 15 is 0 Å². The predicted octanol–water partition coefficient (Wildman–Crippen LogP) is 1.64. The van der Waals surface area contributed by atoms with Crippen molar-refractivity contribution in [3.05, 3.63) is 35.1 Å². The van der Waals surface area contributed by atoms with E-state index in [1.807, 2.05) is 0 Å². The van der Waals surface area contributed by atoms with E-state index in [-0.39, 0.29) is 5.56 Å². The molecule has 2 N–H and O–H groups in total.